The van der Waals surface area contributed by atoms with Crippen molar-refractivity contribution >= 4 is 33.4 Å². The average molecular weight is 273 g/mol. The van der Waals surface area contributed by atoms with Crippen LogP contribution in [0.15, 0.2) is 36.4 Å². The van der Waals surface area contributed by atoms with Crippen molar-refractivity contribution < 1.29 is 4.85 Å². The summed E-state index contributed by atoms with van der Waals surface area (Å²) in [6.07, 6.45) is 0. The Morgan fingerprint density at radius 3 is 2.63 bits per heavy atom. The van der Waals surface area contributed by atoms with Crippen LogP contribution in [0.1, 0.15) is 25.3 Å². The Balaban J connectivity index is 2.47. The second kappa shape index (κ2) is 4.35. The van der Waals surface area contributed by atoms with Gasteiger partial charge in [-0.05, 0) is 40.6 Å². The summed E-state index contributed by atoms with van der Waals surface area (Å²) >= 11 is 6.04. The Bertz CT molecular complexity index is 784. The lowest BCUT2D eigenvalue weighted by atomic mass is 9.99. The molecular weight excluding hydrogens is 260 g/mol. The SMILES string of the molecule is CC(C)c1ccc2n[n+]([O-])c3ccc(Cl)cc3c2c1. The first-order valence-corrected chi connectivity index (χ1v) is 6.57. The zero-order valence-electron chi connectivity index (χ0n) is 10.7. The Hall–Kier alpha value is -1.87. The lowest BCUT2D eigenvalue weighted by Crippen LogP contribution is -2.31. The van der Waals surface area contributed by atoms with Crippen molar-refractivity contribution in [3.8, 4) is 0 Å². The van der Waals surface area contributed by atoms with Crippen LogP contribution in [0, 0.1) is 5.21 Å². The molecule has 0 fully saturated rings. The highest BCUT2D eigenvalue weighted by Gasteiger charge is 2.13. The maximum Gasteiger partial charge on any atom is 0.252 e. The predicted molar refractivity (Wildman–Crippen MR) is 77.3 cm³/mol. The van der Waals surface area contributed by atoms with E-state index in [0.717, 1.165) is 10.8 Å². The number of halogens is 1. The molecule has 0 bridgehead atoms. The minimum absolute atomic E-state index is 0.429. The van der Waals surface area contributed by atoms with E-state index in [1.165, 1.54) is 5.56 Å². The van der Waals surface area contributed by atoms with Gasteiger partial charge in [-0.2, -0.15) is 0 Å². The monoisotopic (exact) mass is 272 g/mol. The first-order valence-electron chi connectivity index (χ1n) is 6.19. The van der Waals surface area contributed by atoms with Crippen LogP contribution in [-0.2, 0) is 0 Å². The van der Waals surface area contributed by atoms with E-state index >= 15 is 0 Å². The van der Waals surface area contributed by atoms with Gasteiger partial charge in [0.05, 0.1) is 5.39 Å². The standard InChI is InChI=1S/C15H13ClN2O/c1-9(2)10-3-5-14-12(7-10)13-8-11(16)4-6-15(13)18(19)17-14/h3-9H,1-2H3. The third-order valence-electron chi connectivity index (χ3n) is 3.34. The normalized spacial score (nSPS) is 11.6. The van der Waals surface area contributed by atoms with Crippen LogP contribution < -0.4 is 4.85 Å². The van der Waals surface area contributed by atoms with Gasteiger partial charge in [0.1, 0.15) is 5.52 Å². The number of benzene rings is 2. The number of fused-ring (bicyclic) bond motifs is 3. The molecule has 3 aromatic rings. The van der Waals surface area contributed by atoms with Crippen molar-refractivity contribution in [2.24, 2.45) is 0 Å². The van der Waals surface area contributed by atoms with Crippen LogP contribution in [0.4, 0.5) is 0 Å². The molecule has 19 heavy (non-hydrogen) atoms. The van der Waals surface area contributed by atoms with Crippen LogP contribution in [-0.4, -0.2) is 5.10 Å². The number of aromatic nitrogens is 2. The van der Waals surface area contributed by atoms with Crippen LogP contribution >= 0.6 is 11.6 Å². The first-order chi connectivity index (χ1) is 9.06. The molecule has 0 saturated heterocycles. The van der Waals surface area contributed by atoms with Gasteiger partial charge in [-0.3, -0.25) is 0 Å². The van der Waals surface area contributed by atoms with Crippen LogP contribution in [0.2, 0.25) is 5.02 Å². The van der Waals surface area contributed by atoms with Crippen molar-refractivity contribution in [3.63, 3.8) is 0 Å². The second-order valence-corrected chi connectivity index (χ2v) is 5.40. The molecule has 0 radical (unpaired) electrons. The molecule has 0 aliphatic rings. The Morgan fingerprint density at radius 1 is 1.11 bits per heavy atom. The fourth-order valence-corrected chi connectivity index (χ4v) is 2.43. The molecular formula is C15H13ClN2O. The molecule has 1 aromatic heterocycles. The maximum absolute atomic E-state index is 11.9. The van der Waals surface area contributed by atoms with Crippen molar-refractivity contribution in [1.29, 1.82) is 0 Å². The van der Waals surface area contributed by atoms with Gasteiger partial charge in [0.15, 0.2) is 0 Å². The summed E-state index contributed by atoms with van der Waals surface area (Å²) in [5.41, 5.74) is 2.45. The summed E-state index contributed by atoms with van der Waals surface area (Å²) in [5.74, 6) is 0.429. The van der Waals surface area contributed by atoms with Crippen molar-refractivity contribution in [2.75, 3.05) is 0 Å². The molecule has 3 nitrogen and oxygen atoms in total. The highest BCUT2D eigenvalue weighted by atomic mass is 35.5. The zero-order valence-corrected chi connectivity index (χ0v) is 11.5. The quantitative estimate of drug-likeness (QED) is 0.384. The summed E-state index contributed by atoms with van der Waals surface area (Å²) in [7, 11) is 0. The third kappa shape index (κ3) is 2.00. The van der Waals surface area contributed by atoms with E-state index in [1.54, 1.807) is 12.1 Å². The van der Waals surface area contributed by atoms with Gasteiger partial charge in [-0.1, -0.05) is 31.5 Å². The summed E-state index contributed by atoms with van der Waals surface area (Å²) in [6.45, 7) is 4.28. The molecule has 1 heterocycles. The topological polar surface area (TPSA) is 39.8 Å². The van der Waals surface area contributed by atoms with Crippen LogP contribution in [0.3, 0.4) is 0 Å². The lowest BCUT2D eigenvalue weighted by molar-refractivity contribution is -0.639. The Kier molecular flexibility index (Phi) is 2.79. The van der Waals surface area contributed by atoms with E-state index in [2.05, 4.69) is 25.0 Å². The maximum atomic E-state index is 11.9. The largest absolute Gasteiger partial charge is 0.594 e. The van der Waals surface area contributed by atoms with Gasteiger partial charge in [-0.15, -0.1) is 0 Å². The zero-order chi connectivity index (χ0) is 13.6. The predicted octanol–water partition coefficient (Wildman–Crippen LogP) is 3.80. The van der Waals surface area contributed by atoms with E-state index in [-0.39, 0.29) is 0 Å². The average Bonchev–Trinajstić information content (AvgIpc) is 2.38. The molecule has 0 unspecified atom stereocenters. The molecule has 0 amide bonds. The highest BCUT2D eigenvalue weighted by Crippen LogP contribution is 2.27. The molecule has 0 aliphatic heterocycles. The van der Waals surface area contributed by atoms with E-state index in [4.69, 9.17) is 11.6 Å². The van der Waals surface area contributed by atoms with Gasteiger partial charge in [0.25, 0.3) is 5.52 Å². The molecule has 96 valence electrons. The Labute approximate surface area is 116 Å². The molecule has 0 aliphatic carbocycles. The molecule has 0 N–H and O–H groups in total. The fourth-order valence-electron chi connectivity index (χ4n) is 2.26. The van der Waals surface area contributed by atoms with Crippen LogP contribution in [0.5, 0.6) is 0 Å². The van der Waals surface area contributed by atoms with Crippen molar-refractivity contribution in [3.05, 3.63) is 52.2 Å². The summed E-state index contributed by atoms with van der Waals surface area (Å²) in [6, 6.07) is 11.2. The number of nitrogens with zero attached hydrogens (tertiary/aromatic N) is 2. The van der Waals surface area contributed by atoms with Gasteiger partial charge in [0.2, 0.25) is 0 Å². The Morgan fingerprint density at radius 2 is 1.89 bits per heavy atom. The van der Waals surface area contributed by atoms with Crippen LogP contribution in [0.25, 0.3) is 21.8 Å². The van der Waals surface area contributed by atoms with Gasteiger partial charge in [0, 0.05) is 21.6 Å². The minimum Gasteiger partial charge on any atom is -0.594 e. The molecule has 4 heteroatoms. The molecule has 0 saturated carbocycles. The third-order valence-corrected chi connectivity index (χ3v) is 3.58. The van der Waals surface area contributed by atoms with E-state index in [0.29, 0.717) is 26.8 Å². The van der Waals surface area contributed by atoms with Crippen molar-refractivity contribution in [1.82, 2.24) is 5.10 Å². The molecule has 3 rings (SSSR count). The van der Waals surface area contributed by atoms with Gasteiger partial charge < -0.3 is 5.21 Å². The lowest BCUT2D eigenvalue weighted by Gasteiger charge is -2.08. The second-order valence-electron chi connectivity index (χ2n) is 4.97. The number of hydrogen-bond acceptors (Lipinski definition) is 2. The molecule has 2 aromatic carbocycles. The minimum atomic E-state index is 0.429. The molecule has 0 spiro atoms. The fraction of sp³-hybridized carbons (Fsp3) is 0.200. The molecule has 0 atom stereocenters. The summed E-state index contributed by atoms with van der Waals surface area (Å²) < 4.78 is 0. The highest BCUT2D eigenvalue weighted by molar-refractivity contribution is 6.31. The summed E-state index contributed by atoms with van der Waals surface area (Å²) in [5, 5.41) is 18.4. The van der Waals surface area contributed by atoms with Crippen molar-refractivity contribution in [2.45, 2.75) is 19.8 Å². The smallest absolute Gasteiger partial charge is 0.252 e. The number of rotatable bonds is 1. The van der Waals surface area contributed by atoms with Gasteiger partial charge >= 0.3 is 0 Å². The van der Waals surface area contributed by atoms with E-state index < -0.39 is 0 Å². The number of hydrogen-bond donors (Lipinski definition) is 0. The van der Waals surface area contributed by atoms with E-state index in [1.807, 2.05) is 18.2 Å². The summed E-state index contributed by atoms with van der Waals surface area (Å²) in [4.78, 5) is 0.656. The van der Waals surface area contributed by atoms with Gasteiger partial charge in [-0.25, -0.2) is 0 Å². The van der Waals surface area contributed by atoms with E-state index in [9.17, 15) is 5.21 Å². The first kappa shape index (κ1) is 12.2.